The molecule has 0 radical (unpaired) electrons. The van der Waals surface area contributed by atoms with Crippen LogP contribution in [-0.4, -0.2) is 55.9 Å². The molecule has 1 saturated heterocycles. The van der Waals surface area contributed by atoms with Gasteiger partial charge in [0.25, 0.3) is 10.2 Å². The van der Waals surface area contributed by atoms with Crippen molar-refractivity contribution < 1.29 is 17.6 Å². The van der Waals surface area contributed by atoms with Crippen LogP contribution in [0.3, 0.4) is 0 Å². The third kappa shape index (κ3) is 2.85. The van der Waals surface area contributed by atoms with E-state index in [4.69, 9.17) is 9.15 Å². The predicted molar refractivity (Wildman–Crippen MR) is 76.0 cm³/mol. The fourth-order valence-corrected chi connectivity index (χ4v) is 3.81. The van der Waals surface area contributed by atoms with Crippen LogP contribution in [0.25, 0.3) is 0 Å². The molecular formula is C13H21N3O4S. The highest BCUT2D eigenvalue weighted by molar-refractivity contribution is 7.86. The molecule has 3 heterocycles. The van der Waals surface area contributed by atoms with Crippen molar-refractivity contribution in [1.82, 2.24) is 13.6 Å². The normalized spacial score (nSPS) is 21.7. The van der Waals surface area contributed by atoms with E-state index in [-0.39, 0.29) is 0 Å². The minimum atomic E-state index is -3.39. The standard InChI is InChI=1S/C13H21N3O4S/c1-15(2)21(17,18)16-6-3-12-11(9-16)14-13(20-12)10-4-7-19-8-5-10/h10H,3-9H2,1-2H3. The number of rotatable bonds is 3. The molecule has 0 aliphatic carbocycles. The van der Waals surface area contributed by atoms with Crippen LogP contribution in [0.2, 0.25) is 0 Å². The summed E-state index contributed by atoms with van der Waals surface area (Å²) in [6, 6.07) is 0. The third-order valence-corrected chi connectivity index (χ3v) is 5.95. The van der Waals surface area contributed by atoms with E-state index in [9.17, 15) is 8.42 Å². The van der Waals surface area contributed by atoms with Crippen LogP contribution in [0.4, 0.5) is 0 Å². The summed E-state index contributed by atoms with van der Waals surface area (Å²) in [5, 5.41) is 0. The Labute approximate surface area is 125 Å². The smallest absolute Gasteiger partial charge is 0.281 e. The van der Waals surface area contributed by atoms with Crippen LogP contribution in [0.15, 0.2) is 4.42 Å². The molecule has 0 unspecified atom stereocenters. The van der Waals surface area contributed by atoms with Gasteiger partial charge >= 0.3 is 0 Å². The first-order valence-electron chi connectivity index (χ1n) is 7.22. The zero-order valence-electron chi connectivity index (χ0n) is 12.4. The number of aromatic nitrogens is 1. The SMILES string of the molecule is CN(C)S(=O)(=O)N1CCc2oc(C3CCOCC3)nc2C1. The zero-order valence-corrected chi connectivity index (χ0v) is 13.2. The summed E-state index contributed by atoms with van der Waals surface area (Å²) in [7, 11) is -0.308. The zero-order chi connectivity index (χ0) is 15.0. The van der Waals surface area contributed by atoms with Gasteiger partial charge in [-0.2, -0.15) is 17.0 Å². The Morgan fingerprint density at radius 3 is 2.67 bits per heavy atom. The number of oxazole rings is 1. The molecule has 0 aromatic carbocycles. The van der Waals surface area contributed by atoms with Gasteiger partial charge in [0.2, 0.25) is 0 Å². The molecule has 7 nitrogen and oxygen atoms in total. The van der Waals surface area contributed by atoms with Crippen LogP contribution >= 0.6 is 0 Å². The van der Waals surface area contributed by atoms with Crippen molar-refractivity contribution in [2.45, 2.75) is 31.7 Å². The van der Waals surface area contributed by atoms with E-state index < -0.39 is 10.2 Å². The van der Waals surface area contributed by atoms with Gasteiger partial charge in [-0.05, 0) is 12.8 Å². The molecular weight excluding hydrogens is 294 g/mol. The van der Waals surface area contributed by atoms with Crippen LogP contribution in [0.1, 0.15) is 36.1 Å². The van der Waals surface area contributed by atoms with E-state index in [1.54, 1.807) is 14.1 Å². The Bertz CT molecular complexity index is 605. The Balaban J connectivity index is 1.79. The molecule has 0 saturated carbocycles. The summed E-state index contributed by atoms with van der Waals surface area (Å²) in [6.45, 7) is 2.20. The average molecular weight is 315 g/mol. The van der Waals surface area contributed by atoms with Crippen LogP contribution in [0.5, 0.6) is 0 Å². The number of hydrogen-bond donors (Lipinski definition) is 0. The summed E-state index contributed by atoms with van der Waals surface area (Å²) < 4.78 is 38.3. The molecule has 0 spiro atoms. The topological polar surface area (TPSA) is 75.9 Å². The first-order valence-corrected chi connectivity index (χ1v) is 8.62. The highest BCUT2D eigenvalue weighted by atomic mass is 32.2. The molecule has 2 aliphatic rings. The van der Waals surface area contributed by atoms with E-state index in [1.807, 2.05) is 0 Å². The lowest BCUT2D eigenvalue weighted by atomic mass is 10.0. The van der Waals surface area contributed by atoms with Crippen molar-refractivity contribution in [3.63, 3.8) is 0 Å². The average Bonchev–Trinajstić information content (AvgIpc) is 2.91. The van der Waals surface area contributed by atoms with Crippen LogP contribution in [-0.2, 0) is 27.9 Å². The van der Waals surface area contributed by atoms with Crippen molar-refractivity contribution in [2.24, 2.45) is 0 Å². The summed E-state index contributed by atoms with van der Waals surface area (Å²) in [6.07, 6.45) is 2.41. The molecule has 0 atom stereocenters. The summed E-state index contributed by atoms with van der Waals surface area (Å²) in [5.41, 5.74) is 0.758. The molecule has 0 bridgehead atoms. The second-order valence-corrected chi connectivity index (χ2v) is 7.82. The van der Waals surface area contributed by atoms with Gasteiger partial charge in [-0.25, -0.2) is 4.98 Å². The number of ether oxygens (including phenoxy) is 1. The summed E-state index contributed by atoms with van der Waals surface area (Å²) in [4.78, 5) is 4.55. The van der Waals surface area contributed by atoms with Gasteiger partial charge in [-0.15, -0.1) is 0 Å². The molecule has 1 aromatic heterocycles. The van der Waals surface area contributed by atoms with Gasteiger partial charge < -0.3 is 9.15 Å². The lowest BCUT2D eigenvalue weighted by Crippen LogP contribution is -2.42. The number of hydrogen-bond acceptors (Lipinski definition) is 5. The van der Waals surface area contributed by atoms with Crippen LogP contribution < -0.4 is 0 Å². The van der Waals surface area contributed by atoms with Gasteiger partial charge in [0.15, 0.2) is 5.89 Å². The maximum absolute atomic E-state index is 12.2. The third-order valence-electron chi connectivity index (χ3n) is 4.07. The Hall–Kier alpha value is -0.960. The maximum atomic E-state index is 12.2. The van der Waals surface area contributed by atoms with E-state index in [1.165, 1.54) is 8.61 Å². The lowest BCUT2D eigenvalue weighted by molar-refractivity contribution is 0.0791. The molecule has 0 N–H and O–H groups in total. The summed E-state index contributed by atoms with van der Waals surface area (Å²) in [5.74, 6) is 1.87. The lowest BCUT2D eigenvalue weighted by Gasteiger charge is -2.27. The Kier molecular flexibility index (Phi) is 4.04. The predicted octanol–water partition coefficient (Wildman–Crippen LogP) is 0.733. The van der Waals surface area contributed by atoms with E-state index >= 15 is 0 Å². The van der Waals surface area contributed by atoms with E-state index in [0.717, 1.165) is 43.4 Å². The van der Waals surface area contributed by atoms with Gasteiger partial charge in [-0.3, -0.25) is 0 Å². The van der Waals surface area contributed by atoms with Gasteiger partial charge in [-0.1, -0.05) is 0 Å². The molecule has 1 aromatic rings. The molecule has 2 aliphatic heterocycles. The van der Waals surface area contributed by atoms with E-state index in [0.29, 0.717) is 25.4 Å². The summed E-state index contributed by atoms with van der Waals surface area (Å²) >= 11 is 0. The van der Waals surface area contributed by atoms with Crippen molar-refractivity contribution in [1.29, 1.82) is 0 Å². The minimum absolute atomic E-state index is 0.294. The number of fused-ring (bicyclic) bond motifs is 1. The molecule has 0 amide bonds. The molecule has 1 fully saturated rings. The minimum Gasteiger partial charge on any atom is -0.445 e. The molecule has 3 rings (SSSR count). The second-order valence-electron chi connectivity index (χ2n) is 5.68. The highest BCUT2D eigenvalue weighted by Crippen LogP contribution is 2.30. The maximum Gasteiger partial charge on any atom is 0.281 e. The Morgan fingerprint density at radius 2 is 2.00 bits per heavy atom. The largest absolute Gasteiger partial charge is 0.445 e. The molecule has 21 heavy (non-hydrogen) atoms. The first-order chi connectivity index (χ1) is 9.98. The van der Waals surface area contributed by atoms with Crippen molar-refractivity contribution in [3.8, 4) is 0 Å². The molecule has 8 heteroatoms. The Morgan fingerprint density at radius 1 is 1.29 bits per heavy atom. The fourth-order valence-electron chi connectivity index (χ4n) is 2.74. The van der Waals surface area contributed by atoms with Crippen molar-refractivity contribution >= 4 is 10.2 Å². The molecule has 118 valence electrons. The fraction of sp³-hybridized carbons (Fsp3) is 0.769. The number of nitrogens with zero attached hydrogens (tertiary/aromatic N) is 3. The second kappa shape index (κ2) is 5.68. The first kappa shape index (κ1) is 15.0. The van der Waals surface area contributed by atoms with Crippen molar-refractivity contribution in [2.75, 3.05) is 33.9 Å². The van der Waals surface area contributed by atoms with Gasteiger partial charge in [0.1, 0.15) is 5.76 Å². The monoisotopic (exact) mass is 315 g/mol. The van der Waals surface area contributed by atoms with E-state index in [2.05, 4.69) is 4.98 Å². The van der Waals surface area contributed by atoms with Crippen molar-refractivity contribution in [3.05, 3.63) is 17.3 Å². The quantitative estimate of drug-likeness (QED) is 0.822. The highest BCUT2D eigenvalue weighted by Gasteiger charge is 2.32. The van der Waals surface area contributed by atoms with Crippen LogP contribution in [0, 0.1) is 0 Å². The van der Waals surface area contributed by atoms with Gasteiger partial charge in [0.05, 0.1) is 12.2 Å². The van der Waals surface area contributed by atoms with Gasteiger partial charge in [0, 0.05) is 46.2 Å².